The van der Waals surface area contributed by atoms with Gasteiger partial charge in [0.1, 0.15) is 0 Å². The van der Waals surface area contributed by atoms with Gasteiger partial charge in [-0.2, -0.15) is 0 Å². The van der Waals surface area contributed by atoms with Crippen LogP contribution in [0.2, 0.25) is 0 Å². The Morgan fingerprint density at radius 2 is 1.57 bits per heavy atom. The summed E-state index contributed by atoms with van der Waals surface area (Å²) in [6.45, 7) is 5.26. The molecular formula is C10H20N2O2. The smallest absolute Gasteiger partial charge is 0.220 e. The van der Waals surface area contributed by atoms with Gasteiger partial charge < -0.3 is 10.6 Å². The van der Waals surface area contributed by atoms with Crippen LogP contribution >= 0.6 is 0 Å². The van der Waals surface area contributed by atoms with Crippen LogP contribution in [0.3, 0.4) is 0 Å². The van der Waals surface area contributed by atoms with Crippen molar-refractivity contribution in [3.8, 4) is 0 Å². The normalized spacial score (nSPS) is 9.57. The third-order valence-corrected chi connectivity index (χ3v) is 1.81. The molecule has 0 atom stereocenters. The number of hydrogen-bond acceptors (Lipinski definition) is 2. The van der Waals surface area contributed by atoms with Gasteiger partial charge in [0.05, 0.1) is 0 Å². The average Bonchev–Trinajstić information content (AvgIpc) is 2.16. The summed E-state index contributed by atoms with van der Waals surface area (Å²) in [6.07, 6.45) is 2.63. The minimum absolute atomic E-state index is 0.0373. The van der Waals surface area contributed by atoms with E-state index in [0.29, 0.717) is 13.1 Å². The minimum Gasteiger partial charge on any atom is -0.356 e. The third kappa shape index (κ3) is 7.58. The van der Waals surface area contributed by atoms with Crippen LogP contribution in [0.1, 0.15) is 39.5 Å². The van der Waals surface area contributed by atoms with Gasteiger partial charge in [-0.3, -0.25) is 9.59 Å². The number of nitrogens with one attached hydrogen (secondary N) is 2. The molecule has 0 aromatic heterocycles. The lowest BCUT2D eigenvalue weighted by Crippen LogP contribution is -2.28. The summed E-state index contributed by atoms with van der Waals surface area (Å²) >= 11 is 0. The van der Waals surface area contributed by atoms with Crippen molar-refractivity contribution in [2.45, 2.75) is 39.5 Å². The molecular weight excluding hydrogens is 180 g/mol. The van der Waals surface area contributed by atoms with Gasteiger partial charge in [0.25, 0.3) is 0 Å². The van der Waals surface area contributed by atoms with Gasteiger partial charge in [-0.05, 0) is 13.3 Å². The van der Waals surface area contributed by atoms with Gasteiger partial charge in [-0.15, -0.1) is 0 Å². The van der Waals surface area contributed by atoms with Crippen molar-refractivity contribution in [3.05, 3.63) is 0 Å². The van der Waals surface area contributed by atoms with Crippen molar-refractivity contribution in [2.75, 3.05) is 13.1 Å². The Labute approximate surface area is 85.4 Å². The molecule has 4 heteroatoms. The molecule has 0 radical (unpaired) electrons. The number of carbonyl (C=O) groups is 2. The molecule has 2 N–H and O–H groups in total. The molecule has 82 valence electrons. The van der Waals surface area contributed by atoms with E-state index in [4.69, 9.17) is 0 Å². The number of hydrogen-bond donors (Lipinski definition) is 2. The van der Waals surface area contributed by atoms with Gasteiger partial charge >= 0.3 is 0 Å². The lowest BCUT2D eigenvalue weighted by Gasteiger charge is -2.04. The van der Waals surface area contributed by atoms with E-state index in [0.717, 1.165) is 12.8 Å². The highest BCUT2D eigenvalue weighted by Gasteiger charge is 2.04. The summed E-state index contributed by atoms with van der Waals surface area (Å²) in [5, 5.41) is 5.41. The van der Waals surface area contributed by atoms with Crippen molar-refractivity contribution in [1.29, 1.82) is 0 Å². The van der Waals surface area contributed by atoms with E-state index >= 15 is 0 Å². The first-order chi connectivity index (χ1) is 6.70. The summed E-state index contributed by atoms with van der Waals surface area (Å²) < 4.78 is 0. The van der Waals surface area contributed by atoms with Gasteiger partial charge in [-0.1, -0.05) is 13.3 Å². The molecule has 2 amide bonds. The summed E-state index contributed by atoms with van der Waals surface area (Å²) in [5.41, 5.74) is 0. The lowest BCUT2D eigenvalue weighted by atomic mass is 10.2. The molecule has 0 rings (SSSR count). The Morgan fingerprint density at radius 3 is 2.07 bits per heavy atom. The molecule has 0 aromatic rings. The van der Waals surface area contributed by atoms with Crippen molar-refractivity contribution in [2.24, 2.45) is 0 Å². The van der Waals surface area contributed by atoms with Crippen LogP contribution in [0.4, 0.5) is 0 Å². The number of carbonyl (C=O) groups excluding carboxylic acids is 2. The standard InChI is InChI=1S/C10H20N2O2/c1-3-5-8-12-10(14)7-6-9(13)11-4-2/h3-8H2,1-2H3,(H,11,13)(H,12,14). The van der Waals surface area contributed by atoms with Crippen LogP contribution in [0.15, 0.2) is 0 Å². The van der Waals surface area contributed by atoms with E-state index in [1.54, 1.807) is 0 Å². The first-order valence-electron chi connectivity index (χ1n) is 5.24. The zero-order valence-electron chi connectivity index (χ0n) is 9.06. The zero-order chi connectivity index (χ0) is 10.8. The van der Waals surface area contributed by atoms with Crippen molar-refractivity contribution >= 4 is 11.8 Å². The molecule has 0 fully saturated rings. The first-order valence-corrected chi connectivity index (χ1v) is 5.24. The Kier molecular flexibility index (Phi) is 7.89. The van der Waals surface area contributed by atoms with Gasteiger partial charge in [0.15, 0.2) is 0 Å². The largest absolute Gasteiger partial charge is 0.356 e. The van der Waals surface area contributed by atoms with Gasteiger partial charge in [0, 0.05) is 25.9 Å². The molecule has 0 heterocycles. The molecule has 14 heavy (non-hydrogen) atoms. The predicted molar refractivity (Wildman–Crippen MR) is 55.8 cm³/mol. The van der Waals surface area contributed by atoms with Gasteiger partial charge in [-0.25, -0.2) is 0 Å². The van der Waals surface area contributed by atoms with E-state index in [1.807, 2.05) is 6.92 Å². The predicted octanol–water partition coefficient (Wildman–Crippen LogP) is 0.819. The molecule has 0 aliphatic rings. The summed E-state index contributed by atoms with van der Waals surface area (Å²) in [7, 11) is 0. The molecule has 0 aliphatic heterocycles. The molecule has 0 unspecified atom stereocenters. The van der Waals surface area contributed by atoms with Crippen LogP contribution in [0.25, 0.3) is 0 Å². The Morgan fingerprint density at radius 1 is 1.00 bits per heavy atom. The molecule has 0 bridgehead atoms. The number of unbranched alkanes of at least 4 members (excludes halogenated alkanes) is 1. The summed E-state index contributed by atoms with van der Waals surface area (Å²) in [5.74, 6) is -0.0946. The van der Waals surface area contributed by atoms with E-state index < -0.39 is 0 Å². The second-order valence-corrected chi connectivity index (χ2v) is 3.16. The SMILES string of the molecule is CCCCNC(=O)CCC(=O)NCC. The van der Waals surface area contributed by atoms with Crippen LogP contribution in [0, 0.1) is 0 Å². The fourth-order valence-corrected chi connectivity index (χ4v) is 1.01. The van der Waals surface area contributed by atoms with Gasteiger partial charge in [0.2, 0.25) is 11.8 Å². The fourth-order valence-electron chi connectivity index (χ4n) is 1.01. The molecule has 0 spiro atoms. The zero-order valence-corrected chi connectivity index (χ0v) is 9.06. The van der Waals surface area contributed by atoms with Crippen LogP contribution in [0.5, 0.6) is 0 Å². The summed E-state index contributed by atoms with van der Waals surface area (Å²) in [6, 6.07) is 0. The molecule has 0 aliphatic carbocycles. The van der Waals surface area contributed by atoms with Crippen molar-refractivity contribution in [1.82, 2.24) is 10.6 Å². The van der Waals surface area contributed by atoms with Crippen LogP contribution < -0.4 is 10.6 Å². The number of rotatable bonds is 7. The maximum Gasteiger partial charge on any atom is 0.220 e. The molecule has 4 nitrogen and oxygen atoms in total. The highest BCUT2D eigenvalue weighted by atomic mass is 16.2. The average molecular weight is 200 g/mol. The monoisotopic (exact) mass is 200 g/mol. The maximum absolute atomic E-state index is 11.1. The van der Waals surface area contributed by atoms with E-state index in [-0.39, 0.29) is 24.7 Å². The summed E-state index contributed by atoms with van der Waals surface area (Å²) in [4.78, 5) is 22.1. The van der Waals surface area contributed by atoms with E-state index in [9.17, 15) is 9.59 Å². The Hall–Kier alpha value is -1.06. The second kappa shape index (κ2) is 8.53. The van der Waals surface area contributed by atoms with Crippen LogP contribution in [-0.2, 0) is 9.59 Å². The Bertz CT molecular complexity index is 181. The quantitative estimate of drug-likeness (QED) is 0.598. The Balaban J connectivity index is 3.39. The third-order valence-electron chi connectivity index (χ3n) is 1.81. The van der Waals surface area contributed by atoms with Crippen molar-refractivity contribution in [3.63, 3.8) is 0 Å². The second-order valence-electron chi connectivity index (χ2n) is 3.16. The fraction of sp³-hybridized carbons (Fsp3) is 0.800. The van der Waals surface area contributed by atoms with E-state index in [1.165, 1.54) is 0 Å². The highest BCUT2D eigenvalue weighted by Crippen LogP contribution is 1.90. The topological polar surface area (TPSA) is 58.2 Å². The minimum atomic E-state index is -0.0573. The molecule has 0 saturated heterocycles. The first kappa shape index (κ1) is 12.9. The maximum atomic E-state index is 11.1. The lowest BCUT2D eigenvalue weighted by molar-refractivity contribution is -0.126. The van der Waals surface area contributed by atoms with Crippen molar-refractivity contribution < 1.29 is 9.59 Å². The number of amides is 2. The van der Waals surface area contributed by atoms with Crippen LogP contribution in [-0.4, -0.2) is 24.9 Å². The van der Waals surface area contributed by atoms with E-state index in [2.05, 4.69) is 17.6 Å². The molecule has 0 saturated carbocycles. The molecule has 0 aromatic carbocycles. The highest BCUT2D eigenvalue weighted by molar-refractivity contribution is 5.83.